The third kappa shape index (κ3) is 6.14. The second-order valence-electron chi connectivity index (χ2n) is 6.33. The summed E-state index contributed by atoms with van der Waals surface area (Å²) in [5.41, 5.74) is 0.432. The third-order valence-electron chi connectivity index (χ3n) is 4.09. The molecule has 3 rings (SSSR count). The first-order valence-electron chi connectivity index (χ1n) is 9.68. The summed E-state index contributed by atoms with van der Waals surface area (Å²) in [4.78, 5) is 30.0. The quantitative estimate of drug-likeness (QED) is 0.255. The predicted molar refractivity (Wildman–Crippen MR) is 113 cm³/mol. The second-order valence-corrected chi connectivity index (χ2v) is 6.33. The van der Waals surface area contributed by atoms with Gasteiger partial charge in [0.1, 0.15) is 12.9 Å². The van der Waals surface area contributed by atoms with Crippen LogP contribution >= 0.6 is 0 Å². The van der Waals surface area contributed by atoms with E-state index in [2.05, 4.69) is 9.97 Å². The van der Waals surface area contributed by atoms with Crippen LogP contribution in [-0.2, 0) is 16.1 Å². The van der Waals surface area contributed by atoms with Crippen molar-refractivity contribution in [2.75, 3.05) is 13.2 Å². The maximum atomic E-state index is 11.7. The first kappa shape index (κ1) is 23.0. The highest BCUT2D eigenvalue weighted by molar-refractivity contribution is 5.71. The van der Waals surface area contributed by atoms with Crippen molar-refractivity contribution in [2.24, 2.45) is 0 Å². The van der Waals surface area contributed by atoms with Gasteiger partial charge in [0.2, 0.25) is 0 Å². The Morgan fingerprint density at radius 2 is 1.85 bits per heavy atom. The summed E-state index contributed by atoms with van der Waals surface area (Å²) in [6, 6.07) is 15.7. The fourth-order valence-corrected chi connectivity index (χ4v) is 2.63. The average Bonchev–Trinajstić information content (AvgIpc) is 2.82. The predicted octanol–water partition coefficient (Wildman–Crippen LogP) is 3.57. The van der Waals surface area contributed by atoms with Gasteiger partial charge in [-0.3, -0.25) is 10.1 Å². The summed E-state index contributed by atoms with van der Waals surface area (Å²) in [6.45, 7) is 1.36. The normalized spacial score (nSPS) is 10.1. The van der Waals surface area contributed by atoms with Crippen LogP contribution in [-0.4, -0.2) is 34.1 Å². The van der Waals surface area contributed by atoms with E-state index < -0.39 is 34.9 Å². The van der Waals surface area contributed by atoms with Crippen LogP contribution in [0.1, 0.15) is 18.1 Å². The lowest BCUT2D eigenvalue weighted by atomic mass is 10.2. The highest BCUT2D eigenvalue weighted by atomic mass is 16.6. The fourth-order valence-electron chi connectivity index (χ4n) is 2.63. The highest BCUT2D eigenvalue weighted by Crippen LogP contribution is 2.39. The molecule has 0 spiro atoms. The van der Waals surface area contributed by atoms with Crippen LogP contribution < -0.4 is 14.2 Å². The number of esters is 1. The summed E-state index contributed by atoms with van der Waals surface area (Å²) in [5, 5.41) is 20.9. The second kappa shape index (κ2) is 11.1. The van der Waals surface area contributed by atoms with Crippen molar-refractivity contribution in [3.05, 3.63) is 76.1 Å². The Hall–Kier alpha value is -4.72. The van der Waals surface area contributed by atoms with Crippen LogP contribution in [0, 0.1) is 21.4 Å². The number of nitriles is 1. The monoisotopic (exact) mass is 450 g/mol. The van der Waals surface area contributed by atoms with Crippen LogP contribution in [0.15, 0.2) is 54.9 Å². The Labute approximate surface area is 188 Å². The van der Waals surface area contributed by atoms with Crippen molar-refractivity contribution in [1.82, 2.24) is 9.97 Å². The smallest absolute Gasteiger partial charge is 0.392 e. The van der Waals surface area contributed by atoms with Gasteiger partial charge >= 0.3 is 23.4 Å². The molecule has 1 heterocycles. The Balaban J connectivity index is 1.89. The molecule has 0 aliphatic carbocycles. The number of hydrogen-bond donors (Lipinski definition) is 0. The minimum absolute atomic E-state index is 0.0307. The SMILES string of the molecule is CCOC(=O)COc1ncnc(Oc2cc(C#N)ccc2OCc2ccccc2)c1[N+](=O)[O-]. The number of ether oxygens (including phenoxy) is 4. The van der Waals surface area contributed by atoms with E-state index in [-0.39, 0.29) is 30.3 Å². The van der Waals surface area contributed by atoms with Crippen molar-refractivity contribution in [1.29, 1.82) is 5.26 Å². The first-order valence-corrected chi connectivity index (χ1v) is 9.68. The number of carbonyl (C=O) groups excluding carboxylic acids is 1. The van der Waals surface area contributed by atoms with E-state index in [0.717, 1.165) is 11.9 Å². The fraction of sp³-hybridized carbons (Fsp3) is 0.182. The lowest BCUT2D eigenvalue weighted by molar-refractivity contribution is -0.387. The van der Waals surface area contributed by atoms with Crippen LogP contribution in [0.5, 0.6) is 23.3 Å². The summed E-state index contributed by atoms with van der Waals surface area (Å²) >= 11 is 0. The molecule has 11 heteroatoms. The molecule has 0 radical (unpaired) electrons. The van der Waals surface area contributed by atoms with Crippen LogP contribution in [0.2, 0.25) is 0 Å². The summed E-state index contributed by atoms with van der Waals surface area (Å²) in [6.07, 6.45) is 0.988. The van der Waals surface area contributed by atoms with Crippen molar-refractivity contribution < 1.29 is 28.7 Å². The molecule has 33 heavy (non-hydrogen) atoms. The Kier molecular flexibility index (Phi) is 7.69. The molecule has 168 valence electrons. The Bertz CT molecular complexity index is 1180. The number of nitro groups is 1. The standard InChI is InChI=1S/C22H18N4O7/c1-2-30-19(27)13-32-21-20(26(28)29)22(25-14-24-21)33-18-10-16(11-23)8-9-17(18)31-12-15-6-4-3-5-7-15/h3-10,14H,2,12-13H2,1H3. The molecule has 0 unspecified atom stereocenters. The zero-order valence-electron chi connectivity index (χ0n) is 17.5. The number of benzene rings is 2. The molecular weight excluding hydrogens is 432 g/mol. The molecular formula is C22H18N4O7. The van der Waals surface area contributed by atoms with Gasteiger partial charge in [0, 0.05) is 6.07 Å². The van der Waals surface area contributed by atoms with Crippen molar-refractivity contribution in [2.45, 2.75) is 13.5 Å². The van der Waals surface area contributed by atoms with E-state index in [0.29, 0.717) is 0 Å². The highest BCUT2D eigenvalue weighted by Gasteiger charge is 2.28. The molecule has 1 aromatic heterocycles. The van der Waals surface area contributed by atoms with E-state index in [9.17, 15) is 20.2 Å². The van der Waals surface area contributed by atoms with Gasteiger partial charge < -0.3 is 18.9 Å². The van der Waals surface area contributed by atoms with E-state index in [1.54, 1.807) is 6.92 Å². The molecule has 11 nitrogen and oxygen atoms in total. The van der Waals surface area contributed by atoms with Gasteiger partial charge in [-0.2, -0.15) is 15.2 Å². The molecule has 0 aliphatic heterocycles. The van der Waals surface area contributed by atoms with Crippen LogP contribution in [0.25, 0.3) is 0 Å². The number of aromatic nitrogens is 2. The molecule has 0 N–H and O–H groups in total. The van der Waals surface area contributed by atoms with Crippen molar-refractivity contribution in [3.8, 4) is 29.3 Å². The molecule has 2 aromatic carbocycles. The van der Waals surface area contributed by atoms with Gasteiger partial charge in [-0.15, -0.1) is 0 Å². The van der Waals surface area contributed by atoms with Gasteiger partial charge in [0.05, 0.1) is 23.2 Å². The Morgan fingerprint density at radius 3 is 2.55 bits per heavy atom. The first-order chi connectivity index (χ1) is 16.0. The number of rotatable bonds is 10. The average molecular weight is 450 g/mol. The Morgan fingerprint density at radius 1 is 1.09 bits per heavy atom. The molecule has 0 bridgehead atoms. The topological polar surface area (TPSA) is 147 Å². The molecule has 0 aliphatic rings. The third-order valence-corrected chi connectivity index (χ3v) is 4.09. The van der Waals surface area contributed by atoms with E-state index >= 15 is 0 Å². The lowest BCUT2D eigenvalue weighted by Crippen LogP contribution is -2.16. The largest absolute Gasteiger partial charge is 0.485 e. The minimum atomic E-state index is -0.797. The van der Waals surface area contributed by atoms with Crippen molar-refractivity contribution in [3.63, 3.8) is 0 Å². The van der Waals surface area contributed by atoms with Crippen LogP contribution in [0.3, 0.4) is 0 Å². The zero-order chi connectivity index (χ0) is 23.6. The van der Waals surface area contributed by atoms with Gasteiger partial charge in [0.25, 0.3) is 0 Å². The maximum absolute atomic E-state index is 11.7. The molecule has 0 amide bonds. The number of nitrogens with zero attached hydrogens (tertiary/aromatic N) is 4. The molecule has 0 fully saturated rings. The summed E-state index contributed by atoms with van der Waals surface area (Å²) < 4.78 is 21.3. The number of hydrogen-bond acceptors (Lipinski definition) is 10. The van der Waals surface area contributed by atoms with Gasteiger partial charge in [-0.05, 0) is 24.6 Å². The van der Waals surface area contributed by atoms with Gasteiger partial charge in [0.15, 0.2) is 18.1 Å². The van der Waals surface area contributed by atoms with Gasteiger partial charge in [-0.25, -0.2) is 4.79 Å². The summed E-state index contributed by atoms with van der Waals surface area (Å²) in [5.74, 6) is -1.37. The summed E-state index contributed by atoms with van der Waals surface area (Å²) in [7, 11) is 0. The molecule has 0 atom stereocenters. The van der Waals surface area contributed by atoms with Gasteiger partial charge in [-0.1, -0.05) is 30.3 Å². The lowest BCUT2D eigenvalue weighted by Gasteiger charge is -2.13. The van der Waals surface area contributed by atoms with Crippen molar-refractivity contribution >= 4 is 11.7 Å². The molecule has 0 saturated heterocycles. The minimum Gasteiger partial charge on any atom is -0.485 e. The van der Waals surface area contributed by atoms with E-state index in [1.807, 2.05) is 36.4 Å². The van der Waals surface area contributed by atoms with E-state index in [1.165, 1.54) is 18.2 Å². The molecule has 0 saturated carbocycles. The van der Waals surface area contributed by atoms with Crippen LogP contribution in [0.4, 0.5) is 5.69 Å². The maximum Gasteiger partial charge on any atom is 0.392 e. The molecule has 3 aromatic rings. The van der Waals surface area contributed by atoms with E-state index in [4.69, 9.17) is 18.9 Å². The zero-order valence-corrected chi connectivity index (χ0v) is 17.5. The number of carbonyl (C=O) groups is 1.